The van der Waals surface area contributed by atoms with Crippen molar-refractivity contribution in [3.05, 3.63) is 0 Å². The quantitative estimate of drug-likeness (QED) is 0.723. The summed E-state index contributed by atoms with van der Waals surface area (Å²) in [6.45, 7) is 7.53. The number of rotatable bonds is 7. The SMILES string of the molecule is CCOC(=O)C1CCC(NCCC(C)(C)OC)CC1. The zero-order valence-corrected chi connectivity index (χ0v) is 12.8. The third kappa shape index (κ3) is 5.91. The molecular formula is C15H29NO3. The number of carbonyl (C=O) groups excluding carboxylic acids is 1. The van der Waals surface area contributed by atoms with E-state index in [1.54, 1.807) is 7.11 Å². The van der Waals surface area contributed by atoms with Crippen molar-refractivity contribution in [2.45, 2.75) is 64.5 Å². The fourth-order valence-corrected chi connectivity index (χ4v) is 2.47. The monoisotopic (exact) mass is 271 g/mol. The summed E-state index contributed by atoms with van der Waals surface area (Å²) in [5, 5.41) is 3.57. The van der Waals surface area contributed by atoms with Crippen LogP contribution in [0.3, 0.4) is 0 Å². The van der Waals surface area contributed by atoms with Crippen LogP contribution in [0.1, 0.15) is 52.9 Å². The highest BCUT2D eigenvalue weighted by Crippen LogP contribution is 2.25. The predicted molar refractivity (Wildman–Crippen MR) is 76.1 cm³/mol. The number of carbonyl (C=O) groups is 1. The highest BCUT2D eigenvalue weighted by atomic mass is 16.5. The van der Waals surface area contributed by atoms with Crippen LogP contribution < -0.4 is 5.32 Å². The normalized spacial score (nSPS) is 24.2. The molecule has 0 heterocycles. The summed E-state index contributed by atoms with van der Waals surface area (Å²) in [7, 11) is 1.75. The predicted octanol–water partition coefficient (Wildman–Crippen LogP) is 2.51. The molecule has 1 aliphatic carbocycles. The van der Waals surface area contributed by atoms with Gasteiger partial charge in [-0.25, -0.2) is 0 Å². The average Bonchev–Trinajstić information content (AvgIpc) is 2.39. The van der Waals surface area contributed by atoms with Gasteiger partial charge in [0.25, 0.3) is 0 Å². The van der Waals surface area contributed by atoms with Gasteiger partial charge in [0.15, 0.2) is 0 Å². The van der Waals surface area contributed by atoms with Gasteiger partial charge in [0.2, 0.25) is 0 Å². The molecule has 0 spiro atoms. The molecule has 0 aliphatic heterocycles. The maximum absolute atomic E-state index is 11.6. The van der Waals surface area contributed by atoms with E-state index in [1.165, 1.54) is 0 Å². The van der Waals surface area contributed by atoms with E-state index in [9.17, 15) is 4.79 Å². The van der Waals surface area contributed by atoms with Crippen LogP contribution in [0.2, 0.25) is 0 Å². The fourth-order valence-electron chi connectivity index (χ4n) is 2.47. The van der Waals surface area contributed by atoms with E-state index in [-0.39, 0.29) is 17.5 Å². The van der Waals surface area contributed by atoms with Gasteiger partial charge < -0.3 is 14.8 Å². The third-order valence-corrected chi connectivity index (χ3v) is 4.06. The Morgan fingerprint density at radius 3 is 2.42 bits per heavy atom. The molecule has 0 radical (unpaired) electrons. The van der Waals surface area contributed by atoms with Gasteiger partial charge in [-0.3, -0.25) is 4.79 Å². The Balaban J connectivity index is 2.18. The molecule has 0 aromatic rings. The minimum absolute atomic E-state index is 0.0125. The lowest BCUT2D eigenvalue weighted by atomic mass is 9.86. The van der Waals surface area contributed by atoms with Crippen LogP contribution in [0.25, 0.3) is 0 Å². The van der Waals surface area contributed by atoms with Crippen molar-refractivity contribution in [2.75, 3.05) is 20.3 Å². The summed E-state index contributed by atoms with van der Waals surface area (Å²) >= 11 is 0. The Morgan fingerprint density at radius 1 is 1.26 bits per heavy atom. The zero-order valence-electron chi connectivity index (χ0n) is 12.8. The summed E-state index contributed by atoms with van der Waals surface area (Å²) < 4.78 is 10.5. The Bertz CT molecular complexity index is 271. The first-order chi connectivity index (χ1) is 8.98. The van der Waals surface area contributed by atoms with Crippen LogP contribution in [0.15, 0.2) is 0 Å². The van der Waals surface area contributed by atoms with Crippen LogP contribution in [0.5, 0.6) is 0 Å². The Hall–Kier alpha value is -0.610. The fraction of sp³-hybridized carbons (Fsp3) is 0.933. The molecule has 1 aliphatic rings. The van der Waals surface area contributed by atoms with E-state index in [4.69, 9.17) is 9.47 Å². The average molecular weight is 271 g/mol. The first-order valence-electron chi connectivity index (χ1n) is 7.43. The molecule has 19 heavy (non-hydrogen) atoms. The van der Waals surface area contributed by atoms with Gasteiger partial charge in [-0.05, 0) is 59.4 Å². The molecule has 4 heteroatoms. The number of hydrogen-bond acceptors (Lipinski definition) is 4. The van der Waals surface area contributed by atoms with Crippen LogP contribution in [-0.2, 0) is 14.3 Å². The molecule has 1 fully saturated rings. The smallest absolute Gasteiger partial charge is 0.308 e. The number of methoxy groups -OCH3 is 1. The number of esters is 1. The summed E-state index contributed by atoms with van der Waals surface area (Å²) in [5.74, 6) is 0.106. The molecular weight excluding hydrogens is 242 g/mol. The van der Waals surface area contributed by atoms with Crippen LogP contribution in [0, 0.1) is 5.92 Å². The summed E-state index contributed by atoms with van der Waals surface area (Å²) in [6.07, 6.45) is 5.03. The van der Waals surface area contributed by atoms with Gasteiger partial charge in [-0.1, -0.05) is 0 Å². The van der Waals surface area contributed by atoms with E-state index in [2.05, 4.69) is 19.2 Å². The summed E-state index contributed by atoms with van der Waals surface area (Å²) in [4.78, 5) is 11.6. The second-order valence-corrected chi connectivity index (χ2v) is 5.97. The third-order valence-electron chi connectivity index (χ3n) is 4.06. The number of ether oxygens (including phenoxy) is 2. The van der Waals surface area contributed by atoms with Gasteiger partial charge in [0, 0.05) is 13.2 Å². The highest BCUT2D eigenvalue weighted by molar-refractivity contribution is 5.72. The maximum atomic E-state index is 11.6. The summed E-state index contributed by atoms with van der Waals surface area (Å²) in [5.41, 5.74) is -0.0604. The first-order valence-corrected chi connectivity index (χ1v) is 7.43. The van der Waals surface area contributed by atoms with Gasteiger partial charge in [0.1, 0.15) is 0 Å². The Morgan fingerprint density at radius 2 is 1.89 bits per heavy atom. The molecule has 1 rings (SSSR count). The lowest BCUT2D eigenvalue weighted by Crippen LogP contribution is -2.38. The van der Waals surface area contributed by atoms with Gasteiger partial charge in [-0.15, -0.1) is 0 Å². The van der Waals surface area contributed by atoms with E-state index >= 15 is 0 Å². The van der Waals surface area contributed by atoms with Crippen molar-refractivity contribution in [3.63, 3.8) is 0 Å². The molecule has 0 unspecified atom stereocenters. The van der Waals surface area contributed by atoms with Crippen LogP contribution in [0.4, 0.5) is 0 Å². The topological polar surface area (TPSA) is 47.6 Å². The van der Waals surface area contributed by atoms with Crippen LogP contribution >= 0.6 is 0 Å². The van der Waals surface area contributed by atoms with Crippen molar-refractivity contribution in [1.82, 2.24) is 5.32 Å². The second kappa shape index (κ2) is 7.85. The Kier molecular flexibility index (Phi) is 6.80. The van der Waals surface area contributed by atoms with Gasteiger partial charge in [0.05, 0.1) is 18.1 Å². The molecule has 0 aromatic carbocycles. The number of hydrogen-bond donors (Lipinski definition) is 1. The Labute approximate surface area is 117 Å². The zero-order chi connectivity index (χ0) is 14.3. The maximum Gasteiger partial charge on any atom is 0.308 e. The van der Waals surface area contributed by atoms with E-state index in [0.29, 0.717) is 12.6 Å². The molecule has 1 N–H and O–H groups in total. The minimum atomic E-state index is -0.0604. The molecule has 0 aromatic heterocycles. The largest absolute Gasteiger partial charge is 0.466 e. The molecule has 0 saturated heterocycles. The van der Waals surface area contributed by atoms with Crippen molar-refractivity contribution in [2.24, 2.45) is 5.92 Å². The molecule has 0 amide bonds. The van der Waals surface area contributed by atoms with Crippen molar-refractivity contribution in [3.8, 4) is 0 Å². The van der Waals surface area contributed by atoms with Crippen molar-refractivity contribution >= 4 is 5.97 Å². The molecule has 0 bridgehead atoms. The molecule has 112 valence electrons. The van der Waals surface area contributed by atoms with Crippen molar-refractivity contribution in [1.29, 1.82) is 0 Å². The highest BCUT2D eigenvalue weighted by Gasteiger charge is 2.27. The first kappa shape index (κ1) is 16.4. The number of nitrogens with one attached hydrogen (secondary N) is 1. The lowest BCUT2D eigenvalue weighted by Gasteiger charge is -2.29. The molecule has 0 atom stereocenters. The second-order valence-electron chi connectivity index (χ2n) is 5.97. The van der Waals surface area contributed by atoms with E-state index < -0.39 is 0 Å². The standard InChI is InChI=1S/C15H29NO3/c1-5-19-14(17)12-6-8-13(9-7-12)16-11-10-15(2,3)18-4/h12-13,16H,5-11H2,1-4H3. The summed E-state index contributed by atoms with van der Waals surface area (Å²) in [6, 6.07) is 0.540. The molecule has 4 nitrogen and oxygen atoms in total. The van der Waals surface area contributed by atoms with Crippen LogP contribution in [-0.4, -0.2) is 37.9 Å². The lowest BCUT2D eigenvalue weighted by molar-refractivity contribution is -0.149. The van der Waals surface area contributed by atoms with E-state index in [0.717, 1.165) is 38.6 Å². The van der Waals surface area contributed by atoms with Crippen molar-refractivity contribution < 1.29 is 14.3 Å². The van der Waals surface area contributed by atoms with E-state index in [1.807, 2.05) is 6.92 Å². The molecule has 1 saturated carbocycles. The van der Waals surface area contributed by atoms with Gasteiger partial charge >= 0.3 is 5.97 Å². The minimum Gasteiger partial charge on any atom is -0.466 e. The van der Waals surface area contributed by atoms with Gasteiger partial charge in [-0.2, -0.15) is 0 Å².